The van der Waals surface area contributed by atoms with Gasteiger partial charge in [-0.15, -0.1) is 0 Å². The van der Waals surface area contributed by atoms with Crippen LogP contribution >= 0.6 is 0 Å². The second-order valence-corrected chi connectivity index (χ2v) is 3.44. The Morgan fingerprint density at radius 3 is 2.31 bits per heavy atom. The first-order valence-electron chi connectivity index (χ1n) is 5.02. The summed E-state index contributed by atoms with van der Waals surface area (Å²) in [6, 6.07) is 15.5. The smallest absolute Gasteiger partial charge is 0.0750 e. The van der Waals surface area contributed by atoms with Gasteiger partial charge in [0.25, 0.3) is 0 Å². The lowest BCUT2D eigenvalue weighted by Gasteiger charge is -2.14. The molecular weight excluding hydrogens is 205 g/mol. The second-order valence-electron chi connectivity index (χ2n) is 3.44. The van der Waals surface area contributed by atoms with E-state index in [9.17, 15) is 4.48 Å². The van der Waals surface area contributed by atoms with E-state index in [4.69, 9.17) is 5.11 Å². The zero-order valence-corrected chi connectivity index (χ0v) is 8.68. The van der Waals surface area contributed by atoms with E-state index in [-0.39, 0.29) is 6.61 Å². The summed E-state index contributed by atoms with van der Waals surface area (Å²) in [5.41, 5.74) is 1.58. The van der Waals surface area contributed by atoms with Crippen molar-refractivity contribution in [2.75, 3.05) is 5.12 Å². The highest BCUT2D eigenvalue weighted by Gasteiger charge is 2.07. The molecule has 3 heteroatoms. The maximum atomic E-state index is 13.9. The Morgan fingerprint density at radius 2 is 1.62 bits per heavy atom. The van der Waals surface area contributed by atoms with Crippen LogP contribution in [0.5, 0.6) is 0 Å². The van der Waals surface area contributed by atoms with Crippen LogP contribution in [0.2, 0.25) is 0 Å². The SMILES string of the molecule is OCc1cccc(N(F)c2ccccc2)c1. The molecule has 0 spiro atoms. The van der Waals surface area contributed by atoms with Crippen LogP contribution < -0.4 is 5.12 Å². The fourth-order valence-electron chi connectivity index (χ4n) is 1.48. The van der Waals surface area contributed by atoms with Gasteiger partial charge in [-0.1, -0.05) is 34.8 Å². The monoisotopic (exact) mass is 217 g/mol. The predicted molar refractivity (Wildman–Crippen MR) is 62.1 cm³/mol. The topological polar surface area (TPSA) is 23.5 Å². The third kappa shape index (κ3) is 2.20. The van der Waals surface area contributed by atoms with Crippen molar-refractivity contribution in [2.45, 2.75) is 6.61 Å². The zero-order valence-electron chi connectivity index (χ0n) is 8.68. The minimum Gasteiger partial charge on any atom is -0.392 e. The van der Waals surface area contributed by atoms with E-state index in [0.717, 1.165) is 0 Å². The molecule has 82 valence electrons. The van der Waals surface area contributed by atoms with Crippen molar-refractivity contribution in [2.24, 2.45) is 0 Å². The first-order valence-corrected chi connectivity index (χ1v) is 5.02. The Morgan fingerprint density at radius 1 is 0.938 bits per heavy atom. The molecule has 0 saturated carbocycles. The molecule has 0 unspecified atom stereocenters. The number of hydrogen-bond acceptors (Lipinski definition) is 2. The number of para-hydroxylation sites is 1. The highest BCUT2D eigenvalue weighted by atomic mass is 19.2. The molecule has 2 rings (SSSR count). The summed E-state index contributed by atoms with van der Waals surface area (Å²) in [4.78, 5) is 0. The molecule has 0 heterocycles. The molecule has 2 aromatic carbocycles. The summed E-state index contributed by atoms with van der Waals surface area (Å²) in [6.45, 7) is -0.0868. The molecule has 16 heavy (non-hydrogen) atoms. The van der Waals surface area contributed by atoms with Gasteiger partial charge in [-0.25, -0.2) is 0 Å². The second kappa shape index (κ2) is 4.77. The highest BCUT2D eigenvalue weighted by molar-refractivity contribution is 5.60. The van der Waals surface area contributed by atoms with Gasteiger partial charge in [0, 0.05) is 0 Å². The Balaban J connectivity index is 2.30. The van der Waals surface area contributed by atoms with Crippen LogP contribution in [0.1, 0.15) is 5.56 Å². The average molecular weight is 217 g/mol. The summed E-state index contributed by atoms with van der Waals surface area (Å²) >= 11 is 0. The van der Waals surface area contributed by atoms with Crippen LogP contribution in [0.3, 0.4) is 0 Å². The lowest BCUT2D eigenvalue weighted by molar-refractivity contribution is 0.282. The molecule has 0 atom stereocenters. The molecule has 0 aliphatic heterocycles. The van der Waals surface area contributed by atoms with E-state index in [0.29, 0.717) is 22.1 Å². The summed E-state index contributed by atoms with van der Waals surface area (Å²) in [6.07, 6.45) is 0. The Labute approximate surface area is 93.5 Å². The maximum absolute atomic E-state index is 13.9. The number of aliphatic hydroxyl groups is 1. The minimum atomic E-state index is -0.0868. The van der Waals surface area contributed by atoms with E-state index in [1.807, 2.05) is 6.07 Å². The number of aliphatic hydroxyl groups excluding tert-OH is 1. The molecule has 2 nitrogen and oxygen atoms in total. The van der Waals surface area contributed by atoms with Gasteiger partial charge in [0.05, 0.1) is 18.0 Å². The average Bonchev–Trinajstić information content (AvgIpc) is 2.39. The van der Waals surface area contributed by atoms with Crippen molar-refractivity contribution in [3.63, 3.8) is 0 Å². The van der Waals surface area contributed by atoms with E-state index >= 15 is 0 Å². The van der Waals surface area contributed by atoms with Crippen molar-refractivity contribution in [3.05, 3.63) is 60.2 Å². The molecule has 0 aliphatic rings. The van der Waals surface area contributed by atoms with Crippen molar-refractivity contribution in [1.29, 1.82) is 0 Å². The molecule has 0 aliphatic carbocycles. The molecule has 2 aromatic rings. The van der Waals surface area contributed by atoms with Gasteiger partial charge < -0.3 is 5.11 Å². The van der Waals surface area contributed by atoms with Crippen molar-refractivity contribution in [1.82, 2.24) is 0 Å². The Bertz CT molecular complexity index is 458. The van der Waals surface area contributed by atoms with Crippen molar-refractivity contribution in [3.8, 4) is 0 Å². The molecule has 0 radical (unpaired) electrons. The molecule has 1 N–H and O–H groups in total. The van der Waals surface area contributed by atoms with E-state index in [2.05, 4.69) is 0 Å². The maximum Gasteiger partial charge on any atom is 0.0750 e. The molecule has 0 amide bonds. The van der Waals surface area contributed by atoms with Gasteiger partial charge in [0.2, 0.25) is 0 Å². The number of hydrogen-bond donors (Lipinski definition) is 1. The first kappa shape index (κ1) is 10.6. The van der Waals surface area contributed by atoms with Gasteiger partial charge in [0.15, 0.2) is 0 Å². The van der Waals surface area contributed by atoms with Gasteiger partial charge in [-0.3, -0.25) is 0 Å². The number of halogens is 1. The van der Waals surface area contributed by atoms with Crippen LogP contribution in [-0.4, -0.2) is 5.11 Å². The standard InChI is InChI=1S/C13H12FNO/c14-15(12-6-2-1-3-7-12)13-8-4-5-11(9-13)10-16/h1-9,16H,10H2. The van der Waals surface area contributed by atoms with Gasteiger partial charge in [-0.2, -0.15) is 5.12 Å². The fraction of sp³-hybridized carbons (Fsp3) is 0.0769. The normalized spacial score (nSPS) is 10.1. The van der Waals surface area contributed by atoms with Crippen LogP contribution in [0.25, 0.3) is 0 Å². The van der Waals surface area contributed by atoms with Crippen LogP contribution in [-0.2, 0) is 6.61 Å². The summed E-state index contributed by atoms with van der Waals surface area (Å²) in [5.74, 6) is 0. The van der Waals surface area contributed by atoms with Crippen LogP contribution in [0.15, 0.2) is 54.6 Å². The van der Waals surface area contributed by atoms with Gasteiger partial charge in [0.1, 0.15) is 0 Å². The largest absolute Gasteiger partial charge is 0.392 e. The number of nitrogens with zero attached hydrogens (tertiary/aromatic N) is 1. The fourth-order valence-corrected chi connectivity index (χ4v) is 1.48. The highest BCUT2D eigenvalue weighted by Crippen LogP contribution is 2.26. The quantitative estimate of drug-likeness (QED) is 0.798. The molecular formula is C13H12FNO. The van der Waals surface area contributed by atoms with Crippen molar-refractivity contribution >= 4 is 11.4 Å². The van der Waals surface area contributed by atoms with Gasteiger partial charge in [-0.05, 0) is 29.8 Å². The molecule has 0 saturated heterocycles. The minimum absolute atomic E-state index is 0.0868. The predicted octanol–water partition coefficient (Wildman–Crippen LogP) is 3.20. The van der Waals surface area contributed by atoms with E-state index in [1.165, 1.54) is 0 Å². The zero-order chi connectivity index (χ0) is 11.4. The van der Waals surface area contributed by atoms with Crippen LogP contribution in [0.4, 0.5) is 15.9 Å². The number of anilines is 2. The Hall–Kier alpha value is -1.87. The molecule has 0 fully saturated rings. The first-order chi connectivity index (χ1) is 7.81. The van der Waals surface area contributed by atoms with Gasteiger partial charge >= 0.3 is 0 Å². The third-order valence-electron chi connectivity index (χ3n) is 2.30. The molecule has 0 bridgehead atoms. The summed E-state index contributed by atoms with van der Waals surface area (Å²) in [5, 5.41) is 9.57. The van der Waals surface area contributed by atoms with E-state index < -0.39 is 0 Å². The molecule has 0 aromatic heterocycles. The lowest BCUT2D eigenvalue weighted by atomic mass is 10.2. The van der Waals surface area contributed by atoms with Crippen LogP contribution in [0, 0.1) is 0 Å². The van der Waals surface area contributed by atoms with Crippen molar-refractivity contribution < 1.29 is 9.59 Å². The summed E-state index contributed by atoms with van der Waals surface area (Å²) < 4.78 is 13.9. The number of benzene rings is 2. The summed E-state index contributed by atoms with van der Waals surface area (Å²) in [7, 11) is 0. The third-order valence-corrected chi connectivity index (χ3v) is 2.30. The number of rotatable bonds is 3. The van der Waals surface area contributed by atoms with E-state index in [1.54, 1.807) is 48.5 Å². The Kier molecular flexibility index (Phi) is 3.17. The lowest BCUT2D eigenvalue weighted by Crippen LogP contribution is -2.03.